The maximum absolute atomic E-state index is 7.12. The van der Waals surface area contributed by atoms with Gasteiger partial charge in [0.25, 0.3) is 0 Å². The summed E-state index contributed by atoms with van der Waals surface area (Å²) in [4.78, 5) is 0. The number of fused-ring (bicyclic) bond motifs is 2. The summed E-state index contributed by atoms with van der Waals surface area (Å²) in [6.07, 6.45) is 1.89. The van der Waals surface area contributed by atoms with Crippen LogP contribution in [0.4, 0.5) is 0 Å². The lowest BCUT2D eigenvalue weighted by Crippen LogP contribution is -2.65. The molecule has 3 aliphatic rings. The Kier molecular flexibility index (Phi) is 9.81. The third-order valence-corrected chi connectivity index (χ3v) is 19.5. The van der Waals surface area contributed by atoms with Crippen LogP contribution in [0.3, 0.4) is 0 Å². The molecule has 234 valence electrons. The van der Waals surface area contributed by atoms with Crippen LogP contribution in [0.25, 0.3) is 0 Å². The molecule has 1 aromatic rings. The van der Waals surface area contributed by atoms with Gasteiger partial charge in [0.1, 0.15) is 6.10 Å². The molecule has 3 aliphatic heterocycles. The number of ether oxygens (including phenoxy) is 4. The molecule has 0 radical (unpaired) electrons. The van der Waals surface area contributed by atoms with Crippen LogP contribution in [0, 0.1) is 5.92 Å². The van der Waals surface area contributed by atoms with Crippen molar-refractivity contribution in [3.05, 3.63) is 35.9 Å². The summed E-state index contributed by atoms with van der Waals surface area (Å²) in [5.41, 5.74) is 0.595. The highest BCUT2D eigenvalue weighted by Crippen LogP contribution is 2.47. The van der Waals surface area contributed by atoms with Gasteiger partial charge in [0.05, 0.1) is 36.6 Å². The third-order valence-electron chi connectivity index (χ3n) is 10.5. The Balaban J connectivity index is 1.50. The predicted molar refractivity (Wildman–Crippen MR) is 170 cm³/mol. The molecule has 3 heterocycles. The largest absolute Gasteiger partial charge is 0.417 e. The van der Waals surface area contributed by atoms with Crippen LogP contribution in [0.1, 0.15) is 86.5 Å². The van der Waals surface area contributed by atoms with Crippen LogP contribution < -0.4 is 0 Å². The van der Waals surface area contributed by atoms with Crippen LogP contribution in [-0.2, 0) is 27.8 Å². The molecule has 0 aromatic heterocycles. The Bertz CT molecular complexity index is 1000. The zero-order chi connectivity index (χ0) is 30.4. The molecule has 3 fully saturated rings. The van der Waals surface area contributed by atoms with Crippen molar-refractivity contribution in [3.63, 3.8) is 0 Å². The van der Waals surface area contributed by atoms with E-state index in [0.29, 0.717) is 12.5 Å². The maximum Gasteiger partial charge on any atom is 0.192 e. The Morgan fingerprint density at radius 1 is 0.927 bits per heavy atom. The molecule has 0 saturated carbocycles. The molecule has 0 aliphatic carbocycles. The van der Waals surface area contributed by atoms with E-state index >= 15 is 0 Å². The van der Waals surface area contributed by atoms with E-state index in [9.17, 15) is 0 Å². The van der Waals surface area contributed by atoms with E-state index in [2.05, 4.69) is 93.7 Å². The van der Waals surface area contributed by atoms with Crippen LogP contribution in [0.15, 0.2) is 30.3 Å². The minimum atomic E-state index is -2.04. The number of rotatable bonds is 8. The standard InChI is InChI=1S/C33H58O6Si2/c1-23(21-35-40(9,10)31(2,3)4)18-25-27(39-41(11,12)32(5,6)7)20-33(8)29(36-25)19-26-28(38-33)22-34-30(37-26)24-16-14-13-15-17-24/h13-17,23,25-30H,18-22H2,1-12H3/t23-,25+,26+,27-,28-,29-,30-,33+/m1/s1. The highest BCUT2D eigenvalue weighted by Gasteiger charge is 2.56. The SMILES string of the molecule is C[C@@H](CO[Si](C)(C)C(C)(C)C)C[C@@H]1O[C@@H]2C[C@@H]3O[C@H](c4ccccc4)OC[C@H]3O[C@@]2(C)C[C@H]1O[Si](C)(C)C(C)(C)C. The van der Waals surface area contributed by atoms with Gasteiger partial charge in [0.2, 0.25) is 0 Å². The van der Waals surface area contributed by atoms with E-state index in [1.54, 1.807) is 0 Å². The minimum Gasteiger partial charge on any atom is -0.417 e. The molecule has 41 heavy (non-hydrogen) atoms. The van der Waals surface area contributed by atoms with Crippen molar-refractivity contribution in [1.82, 2.24) is 0 Å². The molecule has 1 aromatic carbocycles. The van der Waals surface area contributed by atoms with Gasteiger partial charge in [-0.3, -0.25) is 0 Å². The van der Waals surface area contributed by atoms with Gasteiger partial charge in [-0.05, 0) is 55.5 Å². The molecule has 4 rings (SSSR count). The molecule has 8 atom stereocenters. The monoisotopic (exact) mass is 606 g/mol. The van der Waals surface area contributed by atoms with Gasteiger partial charge >= 0.3 is 0 Å². The van der Waals surface area contributed by atoms with Crippen molar-refractivity contribution in [1.29, 1.82) is 0 Å². The Morgan fingerprint density at radius 3 is 2.17 bits per heavy atom. The highest BCUT2D eigenvalue weighted by atomic mass is 28.4. The first-order valence-electron chi connectivity index (χ1n) is 15.8. The van der Waals surface area contributed by atoms with E-state index in [4.69, 9.17) is 27.8 Å². The van der Waals surface area contributed by atoms with Crippen LogP contribution >= 0.6 is 0 Å². The second-order valence-corrected chi connectivity index (χ2v) is 25.7. The number of hydrogen-bond acceptors (Lipinski definition) is 6. The zero-order valence-electron chi connectivity index (χ0n) is 27.9. The van der Waals surface area contributed by atoms with E-state index in [0.717, 1.165) is 31.4 Å². The van der Waals surface area contributed by atoms with Crippen molar-refractivity contribution >= 4 is 16.6 Å². The lowest BCUT2D eigenvalue weighted by molar-refractivity contribution is -0.345. The third kappa shape index (κ3) is 7.56. The fourth-order valence-electron chi connectivity index (χ4n) is 5.68. The van der Waals surface area contributed by atoms with Crippen LogP contribution in [-0.4, -0.2) is 66.0 Å². The molecular weight excluding hydrogens is 549 g/mol. The summed E-state index contributed by atoms with van der Waals surface area (Å²) in [5.74, 6) is 0.364. The summed E-state index contributed by atoms with van der Waals surface area (Å²) < 4.78 is 40.2. The summed E-state index contributed by atoms with van der Waals surface area (Å²) in [6.45, 7) is 28.9. The first-order chi connectivity index (χ1) is 18.8. The van der Waals surface area contributed by atoms with Gasteiger partial charge in [0.15, 0.2) is 22.9 Å². The molecular formula is C33H58O6Si2. The quantitative estimate of drug-likeness (QED) is 0.278. The van der Waals surface area contributed by atoms with Gasteiger partial charge in [-0.1, -0.05) is 78.8 Å². The molecule has 0 bridgehead atoms. The van der Waals surface area contributed by atoms with Crippen molar-refractivity contribution < 1.29 is 27.8 Å². The Morgan fingerprint density at radius 2 is 1.56 bits per heavy atom. The summed E-state index contributed by atoms with van der Waals surface area (Å²) in [7, 11) is -3.86. The van der Waals surface area contributed by atoms with E-state index in [1.807, 2.05) is 18.2 Å². The smallest absolute Gasteiger partial charge is 0.192 e. The van der Waals surface area contributed by atoms with Crippen molar-refractivity contribution in [2.75, 3.05) is 13.2 Å². The number of hydrogen-bond donors (Lipinski definition) is 0. The second kappa shape index (κ2) is 12.1. The fourth-order valence-corrected chi connectivity index (χ4v) is 8.16. The van der Waals surface area contributed by atoms with Gasteiger partial charge in [-0.2, -0.15) is 0 Å². The van der Waals surface area contributed by atoms with Crippen molar-refractivity contribution in [2.45, 2.75) is 153 Å². The lowest BCUT2D eigenvalue weighted by Gasteiger charge is -2.56. The Hall–Kier alpha value is -0.586. The van der Waals surface area contributed by atoms with Crippen LogP contribution in [0.2, 0.25) is 36.3 Å². The fraction of sp³-hybridized carbons (Fsp3) is 0.818. The molecule has 0 amide bonds. The highest BCUT2D eigenvalue weighted by molar-refractivity contribution is 6.74. The summed E-state index contributed by atoms with van der Waals surface area (Å²) in [6, 6.07) is 10.2. The van der Waals surface area contributed by atoms with Gasteiger partial charge in [0, 0.05) is 25.0 Å². The number of benzene rings is 1. The topological polar surface area (TPSA) is 55.4 Å². The molecule has 6 nitrogen and oxygen atoms in total. The predicted octanol–water partition coefficient (Wildman–Crippen LogP) is 8.24. The Labute approximate surface area is 252 Å². The van der Waals surface area contributed by atoms with E-state index < -0.39 is 22.2 Å². The zero-order valence-corrected chi connectivity index (χ0v) is 29.9. The maximum atomic E-state index is 7.12. The summed E-state index contributed by atoms with van der Waals surface area (Å²) in [5, 5.41) is 0.309. The lowest BCUT2D eigenvalue weighted by atomic mass is 9.79. The molecule has 3 saturated heterocycles. The average molecular weight is 607 g/mol. The first kappa shape index (κ1) is 33.3. The van der Waals surface area contributed by atoms with Gasteiger partial charge in [-0.15, -0.1) is 0 Å². The summed E-state index contributed by atoms with van der Waals surface area (Å²) >= 11 is 0. The van der Waals surface area contributed by atoms with Crippen molar-refractivity contribution in [2.24, 2.45) is 5.92 Å². The molecule has 0 unspecified atom stereocenters. The normalized spacial score (nSPS) is 34.0. The molecule has 0 N–H and O–H groups in total. The van der Waals surface area contributed by atoms with E-state index in [-0.39, 0.29) is 46.9 Å². The van der Waals surface area contributed by atoms with E-state index in [1.165, 1.54) is 0 Å². The second-order valence-electron chi connectivity index (χ2n) is 16.2. The molecule has 0 spiro atoms. The average Bonchev–Trinajstić information content (AvgIpc) is 2.85. The van der Waals surface area contributed by atoms with Gasteiger partial charge < -0.3 is 27.8 Å². The van der Waals surface area contributed by atoms with Crippen LogP contribution in [0.5, 0.6) is 0 Å². The molecule has 8 heteroatoms. The van der Waals surface area contributed by atoms with Crippen molar-refractivity contribution in [3.8, 4) is 0 Å². The first-order valence-corrected chi connectivity index (χ1v) is 21.6. The van der Waals surface area contributed by atoms with Gasteiger partial charge in [-0.25, -0.2) is 0 Å². The minimum absolute atomic E-state index is 0.00914.